The third-order valence-corrected chi connectivity index (χ3v) is 4.93. The first-order valence-corrected chi connectivity index (χ1v) is 9.49. The van der Waals surface area contributed by atoms with Crippen molar-refractivity contribution in [2.24, 2.45) is 16.9 Å². The number of carbonyl (C=O) groups is 2. The minimum Gasteiger partial charge on any atom is -0.481 e. The van der Waals surface area contributed by atoms with Crippen molar-refractivity contribution in [3.63, 3.8) is 0 Å². The van der Waals surface area contributed by atoms with Gasteiger partial charge in [0.1, 0.15) is 0 Å². The van der Waals surface area contributed by atoms with Crippen LogP contribution in [0.3, 0.4) is 0 Å². The number of rotatable bonds is 10. The largest absolute Gasteiger partial charge is 0.481 e. The lowest BCUT2D eigenvalue weighted by Crippen LogP contribution is -2.30. The van der Waals surface area contributed by atoms with Crippen molar-refractivity contribution in [3.05, 3.63) is 12.2 Å². The van der Waals surface area contributed by atoms with E-state index in [0.29, 0.717) is 18.9 Å². The quantitative estimate of drug-likeness (QED) is 0.277. The average molecular weight is 366 g/mol. The van der Waals surface area contributed by atoms with Gasteiger partial charge in [-0.2, -0.15) is 5.10 Å². The van der Waals surface area contributed by atoms with Crippen LogP contribution in [-0.4, -0.2) is 54.3 Å². The normalized spacial score (nSPS) is 27.5. The molecule has 4 atom stereocenters. The summed E-state index contributed by atoms with van der Waals surface area (Å²) in [6.45, 7) is 2.34. The third kappa shape index (κ3) is 5.83. The van der Waals surface area contributed by atoms with E-state index in [1.807, 2.05) is 13.1 Å². The maximum absolute atomic E-state index is 11.8. The molecular weight excluding hydrogens is 336 g/mol. The Labute approximate surface area is 155 Å². The molecule has 2 aliphatic heterocycles. The predicted molar refractivity (Wildman–Crippen MR) is 98.0 cm³/mol. The number of carboxylic acids is 1. The molecule has 0 unspecified atom stereocenters. The smallest absolute Gasteiger partial charge is 0.430 e. The van der Waals surface area contributed by atoms with Gasteiger partial charge in [0, 0.05) is 25.6 Å². The van der Waals surface area contributed by atoms with Gasteiger partial charge in [0.25, 0.3) is 0 Å². The molecule has 0 aromatic heterocycles. The lowest BCUT2D eigenvalue weighted by Gasteiger charge is -2.24. The summed E-state index contributed by atoms with van der Waals surface area (Å²) in [5.74, 6) is -0.204. The minimum atomic E-state index is -0.752. The summed E-state index contributed by atoms with van der Waals surface area (Å²) in [7, 11) is 1.60. The van der Waals surface area contributed by atoms with E-state index in [9.17, 15) is 9.59 Å². The number of ether oxygens (including phenoxy) is 2. The summed E-state index contributed by atoms with van der Waals surface area (Å²) in [5, 5.41) is 14.2. The van der Waals surface area contributed by atoms with Gasteiger partial charge in [-0.25, -0.2) is 9.80 Å². The molecule has 2 aliphatic rings. The molecule has 2 saturated heterocycles. The summed E-state index contributed by atoms with van der Waals surface area (Å²) < 4.78 is 11.1. The second kappa shape index (κ2) is 10.3. The fourth-order valence-electron chi connectivity index (χ4n) is 3.58. The number of fused-ring (bicyclic) bond motifs is 2. The monoisotopic (exact) mass is 366 g/mol. The summed E-state index contributed by atoms with van der Waals surface area (Å²) in [6, 6.07) is 0. The molecule has 2 bridgehead atoms. The Balaban J connectivity index is 1.83. The van der Waals surface area contributed by atoms with Crippen molar-refractivity contribution in [2.75, 3.05) is 13.7 Å². The van der Waals surface area contributed by atoms with Crippen LogP contribution in [0.25, 0.3) is 0 Å². The van der Waals surface area contributed by atoms with Gasteiger partial charge in [-0.1, -0.05) is 19.1 Å². The number of nitrogens with zero attached hydrogens (tertiary/aromatic N) is 2. The Morgan fingerprint density at radius 2 is 2.08 bits per heavy atom. The van der Waals surface area contributed by atoms with E-state index in [1.165, 1.54) is 5.01 Å². The maximum atomic E-state index is 11.8. The van der Waals surface area contributed by atoms with Gasteiger partial charge in [0.2, 0.25) is 0 Å². The number of allylic oxidation sites excluding steroid dienone is 2. The molecule has 0 aliphatic carbocycles. The minimum absolute atomic E-state index is 0.175. The Hall–Kier alpha value is -1.89. The molecule has 2 rings (SSSR count). The molecule has 0 spiro atoms. The summed E-state index contributed by atoms with van der Waals surface area (Å²) in [4.78, 5) is 22.3. The van der Waals surface area contributed by atoms with E-state index in [-0.39, 0.29) is 24.5 Å². The molecular formula is C19H30N2O5. The molecule has 1 amide bonds. The molecule has 26 heavy (non-hydrogen) atoms. The zero-order valence-corrected chi connectivity index (χ0v) is 15.7. The molecule has 0 aromatic rings. The lowest BCUT2D eigenvalue weighted by molar-refractivity contribution is -0.137. The van der Waals surface area contributed by atoms with Gasteiger partial charge in [-0.3, -0.25) is 4.79 Å². The van der Waals surface area contributed by atoms with Crippen LogP contribution in [0.15, 0.2) is 17.3 Å². The van der Waals surface area contributed by atoms with Gasteiger partial charge >= 0.3 is 12.1 Å². The lowest BCUT2D eigenvalue weighted by atomic mass is 9.78. The second-order valence-corrected chi connectivity index (χ2v) is 6.93. The number of carboxylic acid groups (broad SMARTS) is 1. The Morgan fingerprint density at radius 3 is 2.81 bits per heavy atom. The highest BCUT2D eigenvalue weighted by Crippen LogP contribution is 2.44. The number of amides is 1. The number of hydrogen-bond acceptors (Lipinski definition) is 5. The van der Waals surface area contributed by atoms with Crippen molar-refractivity contribution < 1.29 is 24.2 Å². The maximum Gasteiger partial charge on any atom is 0.430 e. The van der Waals surface area contributed by atoms with E-state index in [0.717, 1.165) is 32.1 Å². The van der Waals surface area contributed by atoms with Gasteiger partial charge in [0.05, 0.1) is 18.8 Å². The first-order chi connectivity index (χ1) is 12.5. The fraction of sp³-hybridized carbons (Fsp3) is 0.737. The molecule has 1 N–H and O–H groups in total. The SMILES string of the molecule is CCCOC(=O)N(C)N=C[C@@H]1[C@@H](C/C=C\CCCC(=O)O)[C@H]2CC[C@@H]1O2. The fourth-order valence-corrected chi connectivity index (χ4v) is 3.58. The molecule has 2 heterocycles. The number of hydrazone groups is 1. The molecule has 0 saturated carbocycles. The second-order valence-electron chi connectivity index (χ2n) is 6.93. The Kier molecular flexibility index (Phi) is 8.09. The van der Waals surface area contributed by atoms with E-state index in [2.05, 4.69) is 17.3 Å². The highest BCUT2D eigenvalue weighted by molar-refractivity contribution is 5.70. The number of unbranched alkanes of at least 4 members (excludes halogenated alkanes) is 1. The first kappa shape index (κ1) is 20.4. The highest BCUT2D eigenvalue weighted by Gasteiger charge is 2.47. The summed E-state index contributed by atoms with van der Waals surface area (Å²) >= 11 is 0. The van der Waals surface area contributed by atoms with Crippen molar-refractivity contribution in [3.8, 4) is 0 Å². The van der Waals surface area contributed by atoms with Crippen LogP contribution in [0.2, 0.25) is 0 Å². The van der Waals surface area contributed by atoms with Crippen LogP contribution in [0.4, 0.5) is 4.79 Å². The van der Waals surface area contributed by atoms with Crippen molar-refractivity contribution in [1.82, 2.24) is 5.01 Å². The van der Waals surface area contributed by atoms with Crippen LogP contribution in [0, 0.1) is 11.8 Å². The molecule has 146 valence electrons. The van der Waals surface area contributed by atoms with Gasteiger partial charge < -0.3 is 14.6 Å². The average Bonchev–Trinajstić information content (AvgIpc) is 3.21. The van der Waals surface area contributed by atoms with Gasteiger partial charge in [-0.05, 0) is 44.4 Å². The van der Waals surface area contributed by atoms with Crippen molar-refractivity contribution >= 4 is 18.3 Å². The summed E-state index contributed by atoms with van der Waals surface area (Å²) in [6.07, 6.45) is 11.4. The van der Waals surface area contributed by atoms with Crippen LogP contribution < -0.4 is 0 Å². The van der Waals surface area contributed by atoms with E-state index >= 15 is 0 Å². The van der Waals surface area contributed by atoms with Crippen molar-refractivity contribution in [2.45, 2.75) is 64.1 Å². The van der Waals surface area contributed by atoms with Crippen LogP contribution in [0.5, 0.6) is 0 Å². The molecule has 0 radical (unpaired) electrons. The first-order valence-electron chi connectivity index (χ1n) is 9.49. The topological polar surface area (TPSA) is 88.4 Å². The van der Waals surface area contributed by atoms with Gasteiger partial charge in [-0.15, -0.1) is 0 Å². The molecule has 0 aromatic carbocycles. The Bertz CT molecular complexity index is 534. The molecule has 7 nitrogen and oxygen atoms in total. The highest BCUT2D eigenvalue weighted by atomic mass is 16.6. The Morgan fingerprint density at radius 1 is 1.31 bits per heavy atom. The van der Waals surface area contributed by atoms with Gasteiger partial charge in [0.15, 0.2) is 0 Å². The number of carbonyl (C=O) groups excluding carboxylic acids is 1. The zero-order chi connectivity index (χ0) is 18.9. The summed E-state index contributed by atoms with van der Waals surface area (Å²) in [5.41, 5.74) is 0. The van der Waals surface area contributed by atoms with E-state index < -0.39 is 12.1 Å². The van der Waals surface area contributed by atoms with Crippen LogP contribution in [-0.2, 0) is 14.3 Å². The van der Waals surface area contributed by atoms with Crippen LogP contribution in [0.1, 0.15) is 51.9 Å². The zero-order valence-electron chi connectivity index (χ0n) is 15.7. The number of aliphatic carboxylic acids is 1. The molecule has 2 fully saturated rings. The van der Waals surface area contributed by atoms with Crippen LogP contribution >= 0.6 is 0 Å². The predicted octanol–water partition coefficient (Wildman–Crippen LogP) is 3.45. The molecule has 7 heteroatoms. The van der Waals surface area contributed by atoms with E-state index in [1.54, 1.807) is 7.05 Å². The van der Waals surface area contributed by atoms with Crippen molar-refractivity contribution in [1.29, 1.82) is 0 Å². The number of hydrogen-bond donors (Lipinski definition) is 1. The standard InChI is InChI=1S/C19H30N2O5/c1-3-12-25-19(24)21(2)20-13-15-14(16-10-11-17(15)26-16)8-6-4-5-7-9-18(22)23/h4,6,13-17H,3,5,7-12H2,1-2H3,(H,22,23)/b6-4-,20-13?/t14-,15-,16-,17+/m1/s1. The third-order valence-electron chi connectivity index (χ3n) is 4.93. The van der Waals surface area contributed by atoms with E-state index in [4.69, 9.17) is 14.6 Å².